The Morgan fingerprint density at radius 3 is 2.59 bits per heavy atom. The van der Waals surface area contributed by atoms with E-state index in [9.17, 15) is 4.79 Å². The summed E-state index contributed by atoms with van der Waals surface area (Å²) in [4.78, 5) is 16.6. The highest BCUT2D eigenvalue weighted by atomic mass is 16.6. The van der Waals surface area contributed by atoms with Gasteiger partial charge in [0, 0.05) is 11.1 Å². The van der Waals surface area contributed by atoms with Gasteiger partial charge < -0.3 is 14.0 Å². The molecule has 0 spiro atoms. The second-order valence-electron chi connectivity index (χ2n) is 6.29. The van der Waals surface area contributed by atoms with Crippen LogP contribution in [0.1, 0.15) is 16.9 Å². The lowest BCUT2D eigenvalue weighted by Crippen LogP contribution is -2.07. The Morgan fingerprint density at radius 2 is 1.79 bits per heavy atom. The van der Waals surface area contributed by atoms with Crippen LogP contribution in [-0.4, -0.2) is 24.1 Å². The number of aromatic nitrogens is 1. The van der Waals surface area contributed by atoms with E-state index in [4.69, 9.17) is 14.0 Å². The molecule has 0 aliphatic carbocycles. The van der Waals surface area contributed by atoms with E-state index in [1.165, 1.54) is 0 Å². The van der Waals surface area contributed by atoms with Crippen LogP contribution < -0.4 is 4.74 Å². The number of rotatable bonds is 5. The van der Waals surface area contributed by atoms with Gasteiger partial charge in [0.25, 0.3) is 0 Å². The maximum Gasteiger partial charge on any atom is 0.363 e. The predicted molar refractivity (Wildman–Crippen MR) is 109 cm³/mol. The molecule has 6 heteroatoms. The number of para-hydroxylation sites is 1. The van der Waals surface area contributed by atoms with Crippen molar-refractivity contribution in [2.75, 3.05) is 7.11 Å². The van der Waals surface area contributed by atoms with E-state index in [1.54, 1.807) is 26.2 Å². The molecule has 1 aromatic heterocycles. The first-order chi connectivity index (χ1) is 14.2. The predicted octanol–water partition coefficient (Wildman–Crippen LogP) is 4.56. The van der Waals surface area contributed by atoms with Gasteiger partial charge >= 0.3 is 5.97 Å². The molecule has 0 saturated heterocycles. The molecule has 0 amide bonds. The zero-order chi connectivity index (χ0) is 20.2. The van der Waals surface area contributed by atoms with Gasteiger partial charge in [-0.05, 0) is 19.1 Å². The molecule has 3 aromatic rings. The summed E-state index contributed by atoms with van der Waals surface area (Å²) in [5.41, 5.74) is 3.10. The van der Waals surface area contributed by atoms with E-state index in [0.29, 0.717) is 17.0 Å². The molecule has 144 valence electrons. The Bertz CT molecular complexity index is 1140. The Hall–Kier alpha value is -3.93. The number of ether oxygens (including phenoxy) is 2. The number of carbonyl (C=O) groups excluding carboxylic acids is 1. The topological polar surface area (TPSA) is 73.9 Å². The molecule has 0 fully saturated rings. The standard InChI is InChI=1S/C23H18N2O4/c1-15-20(21(25-29-15)17-10-4-3-5-11-17)22-24-18(23(26)28-22)13-8-12-16-9-6-7-14-19(16)27-2/h3-14H,1-2H3/b12-8+,18-13-. The number of esters is 1. The highest BCUT2D eigenvalue weighted by molar-refractivity contribution is 6.13. The Morgan fingerprint density at radius 1 is 1.03 bits per heavy atom. The van der Waals surface area contributed by atoms with Crippen molar-refractivity contribution in [2.24, 2.45) is 4.99 Å². The largest absolute Gasteiger partial charge is 0.496 e. The molecule has 0 N–H and O–H groups in total. The minimum Gasteiger partial charge on any atom is -0.496 e. The zero-order valence-corrected chi connectivity index (χ0v) is 16.0. The molecule has 2 aromatic carbocycles. The summed E-state index contributed by atoms with van der Waals surface area (Å²) in [6, 6.07) is 17.1. The number of aryl methyl sites for hydroxylation is 1. The minimum atomic E-state index is -0.524. The first kappa shape index (κ1) is 18.4. The summed E-state index contributed by atoms with van der Waals surface area (Å²) >= 11 is 0. The average Bonchev–Trinajstić information content (AvgIpc) is 3.31. The lowest BCUT2D eigenvalue weighted by molar-refractivity contribution is -0.130. The second kappa shape index (κ2) is 7.98. The minimum absolute atomic E-state index is 0.185. The fourth-order valence-corrected chi connectivity index (χ4v) is 2.99. The van der Waals surface area contributed by atoms with E-state index in [1.807, 2.05) is 60.7 Å². The highest BCUT2D eigenvalue weighted by Crippen LogP contribution is 2.29. The number of hydrogen-bond acceptors (Lipinski definition) is 6. The smallest absolute Gasteiger partial charge is 0.363 e. The highest BCUT2D eigenvalue weighted by Gasteiger charge is 2.29. The number of hydrogen-bond donors (Lipinski definition) is 0. The van der Waals surface area contributed by atoms with Crippen LogP contribution in [0.5, 0.6) is 5.75 Å². The van der Waals surface area contributed by atoms with Crippen LogP contribution in [0.4, 0.5) is 0 Å². The fourth-order valence-electron chi connectivity index (χ4n) is 2.99. The SMILES string of the molecule is COc1ccccc1/C=C/C=C1\N=C(c2c(-c3ccccc3)noc2C)OC1=O. The maximum atomic E-state index is 12.3. The number of nitrogens with zero attached hydrogens (tertiary/aromatic N) is 2. The molecule has 2 heterocycles. The van der Waals surface area contributed by atoms with Crippen LogP contribution in [0, 0.1) is 6.92 Å². The third kappa shape index (κ3) is 3.73. The number of aliphatic imine (C=N–C) groups is 1. The van der Waals surface area contributed by atoms with E-state index >= 15 is 0 Å². The quantitative estimate of drug-likeness (QED) is 0.475. The number of allylic oxidation sites excluding steroid dienone is 2. The molecule has 0 unspecified atom stereocenters. The van der Waals surface area contributed by atoms with Gasteiger partial charge in [-0.25, -0.2) is 9.79 Å². The molecule has 1 aliphatic rings. The molecule has 1 aliphatic heterocycles. The van der Waals surface area contributed by atoms with Gasteiger partial charge in [-0.2, -0.15) is 0 Å². The average molecular weight is 386 g/mol. The molecular weight excluding hydrogens is 368 g/mol. The van der Waals surface area contributed by atoms with Gasteiger partial charge in [-0.15, -0.1) is 0 Å². The third-order valence-electron chi connectivity index (χ3n) is 4.41. The van der Waals surface area contributed by atoms with Gasteiger partial charge in [0.2, 0.25) is 5.90 Å². The van der Waals surface area contributed by atoms with Gasteiger partial charge in [-0.1, -0.05) is 65.8 Å². The molecular formula is C23H18N2O4. The van der Waals surface area contributed by atoms with Crippen LogP contribution >= 0.6 is 0 Å². The van der Waals surface area contributed by atoms with Crippen molar-refractivity contribution in [2.45, 2.75) is 6.92 Å². The second-order valence-corrected chi connectivity index (χ2v) is 6.29. The fraction of sp³-hybridized carbons (Fsp3) is 0.0870. The summed E-state index contributed by atoms with van der Waals surface area (Å²) < 4.78 is 16.0. The maximum absolute atomic E-state index is 12.3. The molecule has 4 rings (SSSR count). The molecule has 0 saturated carbocycles. The Balaban J connectivity index is 1.64. The van der Waals surface area contributed by atoms with Crippen molar-refractivity contribution >= 4 is 17.9 Å². The monoisotopic (exact) mass is 386 g/mol. The Labute approximate surface area is 167 Å². The van der Waals surface area contributed by atoms with E-state index < -0.39 is 5.97 Å². The summed E-state index contributed by atoms with van der Waals surface area (Å²) in [7, 11) is 1.61. The van der Waals surface area contributed by atoms with Crippen LogP contribution in [-0.2, 0) is 9.53 Å². The first-order valence-corrected chi connectivity index (χ1v) is 9.01. The molecule has 6 nitrogen and oxygen atoms in total. The molecule has 29 heavy (non-hydrogen) atoms. The van der Waals surface area contributed by atoms with E-state index in [-0.39, 0.29) is 11.6 Å². The zero-order valence-electron chi connectivity index (χ0n) is 16.0. The van der Waals surface area contributed by atoms with Gasteiger partial charge in [0.1, 0.15) is 22.8 Å². The van der Waals surface area contributed by atoms with Crippen molar-refractivity contribution in [1.29, 1.82) is 0 Å². The molecule has 0 atom stereocenters. The lowest BCUT2D eigenvalue weighted by atomic mass is 10.1. The normalized spacial score (nSPS) is 15.0. The van der Waals surface area contributed by atoms with Gasteiger partial charge in [0.15, 0.2) is 5.70 Å². The summed E-state index contributed by atoms with van der Waals surface area (Å²) in [6.07, 6.45) is 5.18. The van der Waals surface area contributed by atoms with Crippen molar-refractivity contribution in [3.05, 3.63) is 89.3 Å². The molecule has 0 bridgehead atoms. The van der Waals surface area contributed by atoms with Crippen LogP contribution in [0.3, 0.4) is 0 Å². The van der Waals surface area contributed by atoms with Crippen LogP contribution in [0.15, 0.2) is 82.0 Å². The van der Waals surface area contributed by atoms with Crippen molar-refractivity contribution < 1.29 is 18.8 Å². The summed E-state index contributed by atoms with van der Waals surface area (Å²) in [5, 5.41) is 4.11. The summed E-state index contributed by atoms with van der Waals surface area (Å²) in [6.45, 7) is 1.76. The van der Waals surface area contributed by atoms with E-state index in [2.05, 4.69) is 10.1 Å². The summed E-state index contributed by atoms with van der Waals surface area (Å²) in [5.74, 6) is 0.933. The van der Waals surface area contributed by atoms with Crippen LogP contribution in [0.2, 0.25) is 0 Å². The van der Waals surface area contributed by atoms with Crippen molar-refractivity contribution in [1.82, 2.24) is 5.16 Å². The third-order valence-corrected chi connectivity index (χ3v) is 4.41. The molecule has 0 radical (unpaired) electrons. The van der Waals surface area contributed by atoms with Gasteiger partial charge in [0.05, 0.1) is 7.11 Å². The van der Waals surface area contributed by atoms with E-state index in [0.717, 1.165) is 16.9 Å². The number of carbonyl (C=O) groups is 1. The number of methoxy groups -OCH3 is 1. The number of cyclic esters (lactones) is 1. The van der Waals surface area contributed by atoms with Crippen molar-refractivity contribution in [3.8, 4) is 17.0 Å². The number of benzene rings is 2. The van der Waals surface area contributed by atoms with Crippen molar-refractivity contribution in [3.63, 3.8) is 0 Å². The van der Waals surface area contributed by atoms with Crippen LogP contribution in [0.25, 0.3) is 17.3 Å². The Kier molecular flexibility index (Phi) is 5.07. The first-order valence-electron chi connectivity index (χ1n) is 9.01. The van der Waals surface area contributed by atoms with Gasteiger partial charge in [-0.3, -0.25) is 0 Å². The lowest BCUT2D eigenvalue weighted by Gasteiger charge is -2.02.